The van der Waals surface area contributed by atoms with Crippen molar-refractivity contribution in [3.05, 3.63) is 126 Å². The molecule has 0 fully saturated rings. The summed E-state index contributed by atoms with van der Waals surface area (Å²) in [5.74, 6) is -0.656. The number of hydrogen-bond donors (Lipinski definition) is 0. The first kappa shape index (κ1) is 30.9. The van der Waals surface area contributed by atoms with Crippen LogP contribution in [0.4, 0.5) is 0 Å². The number of fused-ring (bicyclic) bond motifs is 1. The van der Waals surface area contributed by atoms with E-state index in [1.165, 1.54) is 37.0 Å². The van der Waals surface area contributed by atoms with Crippen LogP contribution in [0.2, 0.25) is 0 Å². The molecule has 1 aliphatic rings. The molecule has 0 aliphatic carbocycles. The number of methoxy groups -OCH3 is 2. The zero-order valence-electron chi connectivity index (χ0n) is 25.2. The Morgan fingerprint density at radius 1 is 1.00 bits per heavy atom. The second-order valence-corrected chi connectivity index (χ2v) is 12.2. The molecule has 46 heavy (non-hydrogen) atoms. The highest BCUT2D eigenvalue weighted by Crippen LogP contribution is 2.36. The molecular formula is C34H27BrN4O6S. The highest BCUT2D eigenvalue weighted by Gasteiger charge is 2.34. The average molecular weight is 700 g/mol. The van der Waals surface area contributed by atoms with Crippen LogP contribution in [0.15, 0.2) is 105 Å². The second kappa shape index (κ2) is 12.7. The molecule has 1 atom stereocenters. The van der Waals surface area contributed by atoms with Crippen LogP contribution >= 0.6 is 27.3 Å². The third-order valence-electron chi connectivity index (χ3n) is 7.35. The first-order chi connectivity index (χ1) is 22.2. The van der Waals surface area contributed by atoms with E-state index in [1.54, 1.807) is 35.9 Å². The molecule has 0 bridgehead atoms. The third kappa shape index (κ3) is 5.84. The lowest BCUT2D eigenvalue weighted by molar-refractivity contribution is -0.136. The van der Waals surface area contributed by atoms with Gasteiger partial charge in [0.25, 0.3) is 5.56 Å². The minimum absolute atomic E-state index is 0.205. The van der Waals surface area contributed by atoms with Crippen molar-refractivity contribution < 1.29 is 23.8 Å². The molecule has 0 radical (unpaired) electrons. The second-order valence-electron chi connectivity index (χ2n) is 10.3. The van der Waals surface area contributed by atoms with Gasteiger partial charge in [-0.15, -0.1) is 0 Å². The number of benzene rings is 3. The largest absolute Gasteiger partial charge is 0.493 e. The summed E-state index contributed by atoms with van der Waals surface area (Å²) < 4.78 is 20.5. The van der Waals surface area contributed by atoms with Crippen molar-refractivity contribution in [1.82, 2.24) is 14.3 Å². The van der Waals surface area contributed by atoms with Crippen LogP contribution in [0.25, 0.3) is 23.0 Å². The molecule has 3 aromatic carbocycles. The normalized spacial score (nSPS) is 14.5. The van der Waals surface area contributed by atoms with Crippen LogP contribution in [0.5, 0.6) is 11.5 Å². The van der Waals surface area contributed by atoms with Crippen molar-refractivity contribution >= 4 is 45.3 Å². The maximum Gasteiger partial charge on any atom is 0.338 e. The first-order valence-corrected chi connectivity index (χ1v) is 15.7. The summed E-state index contributed by atoms with van der Waals surface area (Å²) in [7, 11) is 2.72. The highest BCUT2D eigenvalue weighted by molar-refractivity contribution is 9.10. The van der Waals surface area contributed by atoms with Gasteiger partial charge in [0.05, 0.1) is 47.4 Å². The van der Waals surface area contributed by atoms with E-state index in [9.17, 15) is 14.4 Å². The topological polar surface area (TPSA) is 114 Å². The Morgan fingerprint density at radius 2 is 1.74 bits per heavy atom. The minimum Gasteiger partial charge on any atom is -0.493 e. The van der Waals surface area contributed by atoms with E-state index < -0.39 is 18.0 Å². The number of aromatic nitrogens is 3. The van der Waals surface area contributed by atoms with E-state index in [0.29, 0.717) is 26.3 Å². The molecule has 0 unspecified atom stereocenters. The molecule has 0 spiro atoms. The molecular weight excluding hydrogens is 672 g/mol. The van der Waals surface area contributed by atoms with E-state index in [-0.39, 0.29) is 22.6 Å². The smallest absolute Gasteiger partial charge is 0.338 e. The molecule has 10 nitrogen and oxygen atoms in total. The molecule has 232 valence electrons. The van der Waals surface area contributed by atoms with Gasteiger partial charge in [0.2, 0.25) is 0 Å². The Labute approximate surface area is 275 Å². The lowest BCUT2D eigenvalue weighted by atomic mass is 9.95. The SMILES string of the molecule is COC(=O)C1=C(C)N=c2s/c(=C\c3cn(-c4ccccc4)nc3-c3ccc(Br)cc3)c(=O)n2[C@@H]1c1ccc(OC(C)=O)c(OC)c1. The van der Waals surface area contributed by atoms with Gasteiger partial charge in [0.1, 0.15) is 0 Å². The molecule has 6 rings (SSSR count). The van der Waals surface area contributed by atoms with Crippen LogP contribution in [0.3, 0.4) is 0 Å². The summed E-state index contributed by atoms with van der Waals surface area (Å²) >= 11 is 4.70. The van der Waals surface area contributed by atoms with Crippen LogP contribution in [0, 0.1) is 0 Å². The van der Waals surface area contributed by atoms with Crippen molar-refractivity contribution in [3.63, 3.8) is 0 Å². The van der Waals surface area contributed by atoms with Crippen LogP contribution < -0.4 is 24.4 Å². The number of thiazole rings is 1. The summed E-state index contributed by atoms with van der Waals surface area (Å²) in [5, 5.41) is 4.88. The number of allylic oxidation sites excluding steroid dienone is 1. The number of carbonyl (C=O) groups is 2. The number of ether oxygens (including phenoxy) is 3. The summed E-state index contributed by atoms with van der Waals surface area (Å²) in [6.45, 7) is 2.99. The Balaban J connectivity index is 1.56. The number of esters is 2. The zero-order valence-corrected chi connectivity index (χ0v) is 27.6. The molecule has 3 heterocycles. The summed E-state index contributed by atoms with van der Waals surface area (Å²) in [6, 6.07) is 21.5. The van der Waals surface area contributed by atoms with Crippen molar-refractivity contribution in [1.29, 1.82) is 0 Å². The van der Waals surface area contributed by atoms with Gasteiger partial charge in [-0.05, 0) is 55.0 Å². The van der Waals surface area contributed by atoms with E-state index in [0.717, 1.165) is 21.3 Å². The van der Waals surface area contributed by atoms with Gasteiger partial charge >= 0.3 is 11.9 Å². The number of nitrogens with zero attached hydrogens (tertiary/aromatic N) is 4. The quantitative estimate of drug-likeness (QED) is 0.174. The zero-order chi connectivity index (χ0) is 32.5. The van der Waals surface area contributed by atoms with Crippen LogP contribution in [-0.4, -0.2) is 40.5 Å². The van der Waals surface area contributed by atoms with Gasteiger partial charge in [-0.1, -0.05) is 63.7 Å². The predicted octanol–water partition coefficient (Wildman–Crippen LogP) is 4.96. The average Bonchev–Trinajstić information content (AvgIpc) is 3.61. The number of hydrogen-bond acceptors (Lipinski definition) is 9. The van der Waals surface area contributed by atoms with Crippen molar-refractivity contribution in [2.24, 2.45) is 4.99 Å². The number of para-hydroxylation sites is 1. The van der Waals surface area contributed by atoms with E-state index in [2.05, 4.69) is 20.9 Å². The first-order valence-electron chi connectivity index (χ1n) is 14.1. The molecule has 2 aromatic heterocycles. The maximum absolute atomic E-state index is 14.3. The highest BCUT2D eigenvalue weighted by atomic mass is 79.9. The number of halogens is 1. The fourth-order valence-corrected chi connectivity index (χ4v) is 6.58. The van der Waals surface area contributed by atoms with Gasteiger partial charge in [0.15, 0.2) is 16.3 Å². The van der Waals surface area contributed by atoms with E-state index in [1.807, 2.05) is 60.8 Å². The molecule has 12 heteroatoms. The van der Waals surface area contributed by atoms with Crippen molar-refractivity contribution in [2.45, 2.75) is 19.9 Å². The number of carbonyl (C=O) groups excluding carboxylic acids is 2. The van der Waals surface area contributed by atoms with Gasteiger partial charge in [-0.25, -0.2) is 14.5 Å². The third-order valence-corrected chi connectivity index (χ3v) is 8.86. The molecule has 0 N–H and O–H groups in total. The fraction of sp³-hybridized carbons (Fsp3) is 0.147. The van der Waals surface area contributed by atoms with Gasteiger partial charge in [-0.3, -0.25) is 14.2 Å². The Kier molecular flexibility index (Phi) is 8.57. The van der Waals surface area contributed by atoms with E-state index in [4.69, 9.17) is 19.3 Å². The molecule has 0 amide bonds. The lowest BCUT2D eigenvalue weighted by Gasteiger charge is -2.25. The van der Waals surface area contributed by atoms with Crippen molar-refractivity contribution in [3.8, 4) is 28.4 Å². The molecule has 0 saturated heterocycles. The molecule has 0 saturated carbocycles. The fourth-order valence-electron chi connectivity index (χ4n) is 5.28. The van der Waals surface area contributed by atoms with Gasteiger partial charge in [-0.2, -0.15) is 5.10 Å². The van der Waals surface area contributed by atoms with Crippen molar-refractivity contribution in [2.75, 3.05) is 14.2 Å². The standard InChI is InChI=1S/C34H27BrN4O6S/c1-19-29(33(42)44-4)31(22-12-15-26(45-20(2)40)27(16-22)43-3)39-32(41)28(46-34(39)36-19)17-23-18-38(25-8-6-5-7-9-25)37-30(23)21-10-13-24(35)14-11-21/h5-18,31H,1-4H3/b28-17-/t31-/m1/s1. The Bertz CT molecular complexity index is 2200. The minimum atomic E-state index is -0.885. The van der Waals surface area contributed by atoms with Gasteiger partial charge < -0.3 is 14.2 Å². The Morgan fingerprint density at radius 3 is 2.41 bits per heavy atom. The van der Waals surface area contributed by atoms with Crippen LogP contribution in [-0.2, 0) is 14.3 Å². The monoisotopic (exact) mass is 698 g/mol. The molecule has 5 aromatic rings. The summed E-state index contributed by atoms with van der Waals surface area (Å²) in [5.41, 5.74) is 3.98. The lowest BCUT2D eigenvalue weighted by Crippen LogP contribution is -2.39. The van der Waals surface area contributed by atoms with Gasteiger partial charge in [0, 0.05) is 28.7 Å². The van der Waals surface area contributed by atoms with Crippen LogP contribution in [0.1, 0.15) is 31.0 Å². The summed E-state index contributed by atoms with van der Waals surface area (Å²) in [6.07, 6.45) is 3.68. The van der Waals surface area contributed by atoms with E-state index >= 15 is 0 Å². The predicted molar refractivity (Wildman–Crippen MR) is 177 cm³/mol. The maximum atomic E-state index is 14.3. The summed E-state index contributed by atoms with van der Waals surface area (Å²) in [4.78, 5) is 44.1. The Hall–Kier alpha value is -5.07. The number of rotatable bonds is 7. The molecule has 1 aliphatic heterocycles.